The fourth-order valence-corrected chi connectivity index (χ4v) is 8.62. The smallest absolute Gasteiger partial charge is 0.414 e. The minimum Gasteiger partial charge on any atom is -0.497 e. The summed E-state index contributed by atoms with van der Waals surface area (Å²) in [6.07, 6.45) is 0. The summed E-state index contributed by atoms with van der Waals surface area (Å²) < 4.78 is 60.3. The topological polar surface area (TPSA) is 150 Å². The maximum atomic E-state index is 15.0. The van der Waals surface area contributed by atoms with Gasteiger partial charge in [-0.25, -0.2) is 33.5 Å². The largest absolute Gasteiger partial charge is 0.497 e. The van der Waals surface area contributed by atoms with Crippen molar-refractivity contribution in [1.82, 2.24) is 9.80 Å². The number of hydrogen-bond acceptors (Lipinski definition) is 13. The number of amides is 2. The van der Waals surface area contributed by atoms with Gasteiger partial charge in [-0.05, 0) is 98.5 Å². The molecule has 1 aliphatic rings. The van der Waals surface area contributed by atoms with Crippen LogP contribution in [0.25, 0.3) is 0 Å². The van der Waals surface area contributed by atoms with Crippen LogP contribution < -0.4 is 20.1 Å². The van der Waals surface area contributed by atoms with Crippen molar-refractivity contribution in [2.45, 2.75) is 52.9 Å². The highest BCUT2D eigenvalue weighted by Crippen LogP contribution is 2.52. The Hall–Kier alpha value is -4.11. The third kappa shape index (κ3) is 10.2. The van der Waals surface area contributed by atoms with Gasteiger partial charge in [0, 0.05) is 13.1 Å². The van der Waals surface area contributed by atoms with Crippen molar-refractivity contribution in [3.05, 3.63) is 119 Å². The van der Waals surface area contributed by atoms with Crippen LogP contribution in [0.15, 0.2) is 97.1 Å². The first kappa shape index (κ1) is 43.0. The molecule has 0 radical (unpaired) electrons. The minimum absolute atomic E-state index is 0.0918. The van der Waals surface area contributed by atoms with Gasteiger partial charge in [0.2, 0.25) is 0 Å². The molecule has 0 bridgehead atoms. The Balaban J connectivity index is 1.71. The summed E-state index contributed by atoms with van der Waals surface area (Å²) in [5.41, 5.74) is 2.81. The second-order valence-electron chi connectivity index (χ2n) is 12.2. The molecule has 0 N–H and O–H groups in total. The number of methoxy groups -OCH3 is 2. The van der Waals surface area contributed by atoms with Crippen molar-refractivity contribution in [3.8, 4) is 11.5 Å². The SMILES string of the molecule is CCOOP(=O)(OOCC)c1cccc([C@@H]2[C@@H](c3cccc(P(=O)(OOCC)OOCC)c3)N(Cc3ccc(OC)cc3)C(=O)N2Cc2ccc(OC)cc2)c1. The molecule has 0 aliphatic carbocycles. The van der Waals surface area contributed by atoms with Gasteiger partial charge in [0.25, 0.3) is 0 Å². The van der Waals surface area contributed by atoms with Crippen molar-refractivity contribution < 1.29 is 61.6 Å². The Kier molecular flexibility index (Phi) is 15.6. The molecule has 15 nitrogen and oxygen atoms in total. The number of carbonyl (C=O) groups excluding carboxylic acids is 1. The quantitative estimate of drug-likeness (QED) is 0.0427. The Morgan fingerprint density at radius 3 is 1.16 bits per heavy atom. The molecule has 2 atom stereocenters. The molecule has 5 rings (SSSR count). The summed E-state index contributed by atoms with van der Waals surface area (Å²) in [6.45, 7) is 7.43. The molecule has 0 saturated carbocycles. The van der Waals surface area contributed by atoms with Crippen molar-refractivity contribution in [2.24, 2.45) is 0 Å². The zero-order valence-corrected chi connectivity index (χ0v) is 34.0. The van der Waals surface area contributed by atoms with Gasteiger partial charge < -0.3 is 19.3 Å². The molecule has 4 aromatic rings. The maximum Gasteiger partial charge on any atom is 0.414 e. The van der Waals surface area contributed by atoms with E-state index in [0.717, 1.165) is 11.1 Å². The number of nitrogens with zero attached hydrogens (tertiary/aromatic N) is 2. The molecule has 0 unspecified atom stereocenters. The highest BCUT2D eigenvalue weighted by molar-refractivity contribution is 7.62. The van der Waals surface area contributed by atoms with E-state index in [-0.39, 0.29) is 56.2 Å². The lowest BCUT2D eigenvalue weighted by Gasteiger charge is -2.30. The summed E-state index contributed by atoms with van der Waals surface area (Å²) in [7, 11) is -5.21. The van der Waals surface area contributed by atoms with Crippen LogP contribution in [0.1, 0.15) is 62.0 Å². The van der Waals surface area contributed by atoms with Crippen molar-refractivity contribution >= 4 is 31.8 Å². The number of carbonyl (C=O) groups is 1. The number of ether oxygens (including phenoxy) is 2. The predicted molar refractivity (Wildman–Crippen MR) is 206 cm³/mol. The first-order chi connectivity index (χ1) is 27.1. The van der Waals surface area contributed by atoms with Gasteiger partial charge in [-0.2, -0.15) is 0 Å². The molecule has 4 aromatic carbocycles. The molecule has 302 valence electrons. The van der Waals surface area contributed by atoms with E-state index in [4.69, 9.17) is 47.7 Å². The summed E-state index contributed by atoms with van der Waals surface area (Å²) >= 11 is 0. The van der Waals surface area contributed by atoms with Gasteiger partial charge in [0.1, 0.15) is 11.5 Å². The van der Waals surface area contributed by atoms with Crippen LogP contribution in [0.5, 0.6) is 11.5 Å². The monoisotopic (exact) mass is 814 g/mol. The fraction of sp³-hybridized carbons (Fsp3) is 0.359. The van der Waals surface area contributed by atoms with Gasteiger partial charge in [0.05, 0.1) is 63.3 Å². The summed E-state index contributed by atoms with van der Waals surface area (Å²) in [5, 5.41) is 0.268. The zero-order valence-electron chi connectivity index (χ0n) is 32.2. The molecule has 1 heterocycles. The Morgan fingerprint density at radius 2 is 0.857 bits per heavy atom. The van der Waals surface area contributed by atoms with Crippen LogP contribution >= 0.6 is 15.2 Å². The van der Waals surface area contributed by atoms with Crippen LogP contribution in [0.3, 0.4) is 0 Å². The van der Waals surface area contributed by atoms with Gasteiger partial charge in [-0.3, -0.25) is 0 Å². The number of rotatable bonds is 22. The standard InChI is InChI=1S/C39H48N2O13P2/c1-7-47-51-55(43,52-48-8-2)35-15-11-13-31(25-35)37-38(32-14-12-16-36(26-32)56(44,53-49-9-3)54-50-10-4)41(28-30-19-23-34(46-6)24-20-30)39(42)40(37)27-29-17-21-33(45-5)22-18-29/h11-26,37-38H,7-10,27-28H2,1-6H3/t37-,38-/m1/s1. The van der Waals surface area contributed by atoms with E-state index in [9.17, 15) is 13.9 Å². The lowest BCUT2D eigenvalue weighted by Crippen LogP contribution is -2.32. The second-order valence-corrected chi connectivity index (χ2v) is 15.9. The van der Waals surface area contributed by atoms with Crippen molar-refractivity contribution in [2.75, 3.05) is 40.6 Å². The molecular formula is C39H48N2O13P2. The molecule has 56 heavy (non-hydrogen) atoms. The van der Waals surface area contributed by atoms with Gasteiger partial charge in [0.15, 0.2) is 0 Å². The molecule has 0 aromatic heterocycles. The van der Waals surface area contributed by atoms with E-state index < -0.39 is 27.3 Å². The van der Waals surface area contributed by atoms with Crippen LogP contribution in [0.2, 0.25) is 0 Å². The average molecular weight is 815 g/mol. The molecule has 2 amide bonds. The van der Waals surface area contributed by atoms with Gasteiger partial charge in [-0.1, -0.05) is 48.5 Å². The van der Waals surface area contributed by atoms with Crippen LogP contribution in [-0.4, -0.2) is 56.5 Å². The third-order valence-corrected chi connectivity index (χ3v) is 11.6. The first-order valence-electron chi connectivity index (χ1n) is 18.1. The van der Waals surface area contributed by atoms with E-state index >= 15 is 0 Å². The number of urea groups is 1. The molecule has 1 aliphatic heterocycles. The molecule has 1 saturated heterocycles. The lowest BCUT2D eigenvalue weighted by atomic mass is 9.92. The Bertz CT molecular complexity index is 1800. The highest BCUT2D eigenvalue weighted by Gasteiger charge is 2.48. The maximum absolute atomic E-state index is 15.0. The van der Waals surface area contributed by atoms with Crippen LogP contribution in [-0.2, 0) is 60.5 Å². The zero-order chi connectivity index (χ0) is 40.1. The first-order valence-corrected chi connectivity index (χ1v) is 21.2. The Morgan fingerprint density at radius 1 is 0.518 bits per heavy atom. The van der Waals surface area contributed by atoms with Gasteiger partial charge in [-0.15, -0.1) is 18.7 Å². The minimum atomic E-state index is -4.19. The molecular weight excluding hydrogens is 766 g/mol. The number of hydrogen-bond donors (Lipinski definition) is 0. The summed E-state index contributed by atoms with van der Waals surface area (Å²) in [5.74, 6) is 1.32. The van der Waals surface area contributed by atoms with E-state index in [1.165, 1.54) is 0 Å². The average Bonchev–Trinajstić information content (AvgIpc) is 3.50. The van der Waals surface area contributed by atoms with Crippen molar-refractivity contribution in [3.63, 3.8) is 0 Å². The van der Waals surface area contributed by atoms with Crippen LogP contribution in [0, 0.1) is 0 Å². The van der Waals surface area contributed by atoms with E-state index in [2.05, 4.69) is 0 Å². The fourth-order valence-electron chi connectivity index (χ4n) is 6.10. The summed E-state index contributed by atoms with van der Waals surface area (Å²) in [4.78, 5) is 38.9. The van der Waals surface area contributed by atoms with E-state index in [1.807, 2.05) is 60.7 Å². The molecule has 17 heteroatoms. The molecule has 0 spiro atoms. The lowest BCUT2D eigenvalue weighted by molar-refractivity contribution is -0.260. The Labute approximate surface area is 327 Å². The van der Waals surface area contributed by atoms with Crippen LogP contribution in [0.4, 0.5) is 4.79 Å². The predicted octanol–water partition coefficient (Wildman–Crippen LogP) is 8.13. The van der Waals surface area contributed by atoms with Gasteiger partial charge >= 0.3 is 21.2 Å². The third-order valence-electron chi connectivity index (χ3n) is 8.62. The number of benzene rings is 4. The normalized spacial score (nSPS) is 16.1. The highest BCUT2D eigenvalue weighted by atomic mass is 31.2. The van der Waals surface area contributed by atoms with E-state index in [0.29, 0.717) is 22.6 Å². The van der Waals surface area contributed by atoms with Crippen molar-refractivity contribution in [1.29, 1.82) is 0 Å². The summed E-state index contributed by atoms with van der Waals surface area (Å²) in [6, 6.07) is 26.5. The van der Waals surface area contributed by atoms with E-state index in [1.54, 1.807) is 88.1 Å². The molecule has 1 fully saturated rings. The second kappa shape index (κ2) is 20.4.